The van der Waals surface area contributed by atoms with E-state index in [2.05, 4.69) is 23.1 Å². The third-order valence-electron chi connectivity index (χ3n) is 3.16. The summed E-state index contributed by atoms with van der Waals surface area (Å²) in [7, 11) is 0. The van der Waals surface area contributed by atoms with Gasteiger partial charge in [0.25, 0.3) is 0 Å². The second-order valence-electron chi connectivity index (χ2n) is 4.49. The van der Waals surface area contributed by atoms with Crippen LogP contribution in [-0.4, -0.2) is 29.1 Å². The van der Waals surface area contributed by atoms with Crippen molar-refractivity contribution in [3.05, 3.63) is 35.4 Å². The number of fused-ring (bicyclic) bond motifs is 1. The van der Waals surface area contributed by atoms with Crippen molar-refractivity contribution in [2.75, 3.05) is 13.1 Å². The molecule has 0 bridgehead atoms. The normalized spacial score (nSPS) is 17.8. The molecule has 1 aliphatic rings. The number of hydrogen-bond acceptors (Lipinski definition) is 2. The molecule has 3 nitrogen and oxygen atoms in total. The van der Waals surface area contributed by atoms with E-state index in [1.165, 1.54) is 11.1 Å². The van der Waals surface area contributed by atoms with Gasteiger partial charge in [-0.05, 0) is 17.5 Å². The van der Waals surface area contributed by atoms with Gasteiger partial charge in [0.15, 0.2) is 0 Å². The van der Waals surface area contributed by atoms with E-state index in [0.717, 1.165) is 19.5 Å². The first kappa shape index (κ1) is 11.1. The number of nitrogens with zero attached hydrogens (tertiary/aromatic N) is 1. The predicted molar refractivity (Wildman–Crippen MR) is 62.2 cm³/mol. The van der Waals surface area contributed by atoms with Crippen LogP contribution in [0.15, 0.2) is 24.3 Å². The molecule has 0 spiro atoms. The summed E-state index contributed by atoms with van der Waals surface area (Å²) in [4.78, 5) is 13.0. The van der Waals surface area contributed by atoms with Crippen molar-refractivity contribution in [2.24, 2.45) is 5.92 Å². The second-order valence-corrected chi connectivity index (χ2v) is 4.49. The lowest BCUT2D eigenvalue weighted by atomic mass is 9.99. The van der Waals surface area contributed by atoms with E-state index in [9.17, 15) is 4.79 Å². The van der Waals surface area contributed by atoms with Gasteiger partial charge in [0, 0.05) is 19.6 Å². The summed E-state index contributed by atoms with van der Waals surface area (Å²) in [5.74, 6) is -0.996. The number of hydrogen-bond donors (Lipinski definition) is 1. The van der Waals surface area contributed by atoms with Crippen LogP contribution in [0.1, 0.15) is 18.1 Å². The third-order valence-corrected chi connectivity index (χ3v) is 3.16. The minimum atomic E-state index is -0.709. The maximum atomic E-state index is 10.8. The Bertz CT molecular complexity index is 389. The molecule has 0 radical (unpaired) electrons. The summed E-state index contributed by atoms with van der Waals surface area (Å²) < 4.78 is 0. The molecule has 3 heteroatoms. The molecule has 0 saturated carbocycles. The molecule has 16 heavy (non-hydrogen) atoms. The highest BCUT2D eigenvalue weighted by atomic mass is 16.4. The van der Waals surface area contributed by atoms with Crippen LogP contribution < -0.4 is 0 Å². The summed E-state index contributed by atoms with van der Waals surface area (Å²) in [6.07, 6.45) is 1.03. The number of carboxylic acid groups (broad SMARTS) is 1. The first-order chi connectivity index (χ1) is 7.66. The van der Waals surface area contributed by atoms with E-state index in [4.69, 9.17) is 5.11 Å². The molecule has 1 N–H and O–H groups in total. The van der Waals surface area contributed by atoms with Crippen LogP contribution >= 0.6 is 0 Å². The first-order valence-electron chi connectivity index (χ1n) is 5.69. The fourth-order valence-electron chi connectivity index (χ4n) is 2.18. The Hall–Kier alpha value is -1.35. The van der Waals surface area contributed by atoms with Crippen molar-refractivity contribution in [1.29, 1.82) is 0 Å². The van der Waals surface area contributed by atoms with Gasteiger partial charge in [0.1, 0.15) is 0 Å². The lowest BCUT2D eigenvalue weighted by Gasteiger charge is -2.29. The number of aliphatic carboxylic acids is 1. The maximum Gasteiger partial charge on any atom is 0.307 e. The molecule has 0 fully saturated rings. The molecule has 1 atom stereocenters. The highest BCUT2D eigenvalue weighted by Gasteiger charge is 2.20. The van der Waals surface area contributed by atoms with Crippen molar-refractivity contribution < 1.29 is 9.90 Å². The molecule has 1 aromatic rings. The molecule has 0 unspecified atom stereocenters. The van der Waals surface area contributed by atoms with Crippen molar-refractivity contribution in [3.63, 3.8) is 0 Å². The monoisotopic (exact) mass is 219 g/mol. The fourth-order valence-corrected chi connectivity index (χ4v) is 2.18. The van der Waals surface area contributed by atoms with Crippen molar-refractivity contribution >= 4 is 5.97 Å². The van der Waals surface area contributed by atoms with E-state index in [-0.39, 0.29) is 5.92 Å². The van der Waals surface area contributed by atoms with E-state index >= 15 is 0 Å². The summed E-state index contributed by atoms with van der Waals surface area (Å²) in [6.45, 7) is 4.26. The quantitative estimate of drug-likeness (QED) is 0.842. The average molecular weight is 219 g/mol. The van der Waals surface area contributed by atoms with Crippen LogP contribution in [0, 0.1) is 5.92 Å². The van der Waals surface area contributed by atoms with Crippen molar-refractivity contribution in [1.82, 2.24) is 4.90 Å². The molecular weight excluding hydrogens is 202 g/mol. The Morgan fingerprint density at radius 1 is 1.44 bits per heavy atom. The zero-order valence-corrected chi connectivity index (χ0v) is 9.52. The van der Waals surface area contributed by atoms with Crippen LogP contribution in [0.25, 0.3) is 0 Å². The largest absolute Gasteiger partial charge is 0.481 e. The molecular formula is C13H17NO2. The lowest BCUT2D eigenvalue weighted by molar-refractivity contribution is -0.141. The average Bonchev–Trinajstić information content (AvgIpc) is 2.28. The molecule has 0 amide bonds. The molecule has 0 saturated heterocycles. The van der Waals surface area contributed by atoms with Crippen LogP contribution in [0.4, 0.5) is 0 Å². The molecule has 1 aliphatic heterocycles. The summed E-state index contributed by atoms with van der Waals surface area (Å²) in [5, 5.41) is 8.88. The SMILES string of the molecule is C[C@@H](CN1CCc2ccccc2C1)C(=O)O. The Kier molecular flexibility index (Phi) is 3.25. The third kappa shape index (κ3) is 2.42. The number of carboxylic acids is 1. The van der Waals surface area contributed by atoms with Gasteiger partial charge in [0.2, 0.25) is 0 Å². The van der Waals surface area contributed by atoms with Gasteiger partial charge < -0.3 is 5.11 Å². The van der Waals surface area contributed by atoms with Crippen molar-refractivity contribution in [3.8, 4) is 0 Å². The molecule has 0 aromatic heterocycles. The number of carbonyl (C=O) groups is 1. The van der Waals surface area contributed by atoms with Gasteiger partial charge >= 0.3 is 5.97 Å². The standard InChI is InChI=1S/C13H17NO2/c1-10(13(15)16)8-14-7-6-11-4-2-3-5-12(11)9-14/h2-5,10H,6-9H2,1H3,(H,15,16)/t10-/m0/s1. The zero-order chi connectivity index (χ0) is 11.5. The summed E-state index contributed by atoms with van der Waals surface area (Å²) in [6, 6.07) is 8.40. The van der Waals surface area contributed by atoms with Gasteiger partial charge in [0.05, 0.1) is 5.92 Å². The molecule has 86 valence electrons. The molecule has 1 heterocycles. The fraction of sp³-hybridized carbons (Fsp3) is 0.462. The number of benzene rings is 1. The Labute approximate surface area is 95.7 Å². The summed E-state index contributed by atoms with van der Waals surface area (Å²) >= 11 is 0. The van der Waals surface area contributed by atoms with Crippen LogP contribution in [0.2, 0.25) is 0 Å². The molecule has 0 aliphatic carbocycles. The molecule has 1 aromatic carbocycles. The zero-order valence-electron chi connectivity index (χ0n) is 9.52. The molecule has 2 rings (SSSR count). The minimum absolute atomic E-state index is 0.287. The van der Waals surface area contributed by atoms with Crippen LogP contribution in [-0.2, 0) is 17.8 Å². The topological polar surface area (TPSA) is 40.5 Å². The Balaban J connectivity index is 2.00. The van der Waals surface area contributed by atoms with E-state index < -0.39 is 5.97 Å². The van der Waals surface area contributed by atoms with E-state index in [1.807, 2.05) is 6.07 Å². The van der Waals surface area contributed by atoms with Gasteiger partial charge in [-0.15, -0.1) is 0 Å². The Morgan fingerprint density at radius 2 is 2.12 bits per heavy atom. The maximum absolute atomic E-state index is 10.8. The van der Waals surface area contributed by atoms with Crippen molar-refractivity contribution in [2.45, 2.75) is 19.9 Å². The number of rotatable bonds is 3. The predicted octanol–water partition coefficient (Wildman–Crippen LogP) is 1.77. The van der Waals surface area contributed by atoms with E-state index in [1.54, 1.807) is 6.92 Å². The van der Waals surface area contributed by atoms with Gasteiger partial charge in [-0.25, -0.2) is 0 Å². The van der Waals surface area contributed by atoms with Crippen LogP contribution in [0.5, 0.6) is 0 Å². The van der Waals surface area contributed by atoms with E-state index in [0.29, 0.717) is 6.54 Å². The smallest absolute Gasteiger partial charge is 0.307 e. The second kappa shape index (κ2) is 4.66. The first-order valence-corrected chi connectivity index (χ1v) is 5.69. The Morgan fingerprint density at radius 3 is 2.81 bits per heavy atom. The summed E-state index contributed by atoms with van der Waals surface area (Å²) in [5.41, 5.74) is 2.74. The van der Waals surface area contributed by atoms with Crippen LogP contribution in [0.3, 0.4) is 0 Å². The minimum Gasteiger partial charge on any atom is -0.481 e. The van der Waals surface area contributed by atoms with Gasteiger partial charge in [-0.3, -0.25) is 9.69 Å². The van der Waals surface area contributed by atoms with Gasteiger partial charge in [-0.1, -0.05) is 31.2 Å². The lowest BCUT2D eigenvalue weighted by Crippen LogP contribution is -2.36. The van der Waals surface area contributed by atoms with Gasteiger partial charge in [-0.2, -0.15) is 0 Å². The highest BCUT2D eigenvalue weighted by molar-refractivity contribution is 5.69. The highest BCUT2D eigenvalue weighted by Crippen LogP contribution is 2.19.